The van der Waals surface area contributed by atoms with E-state index >= 15 is 0 Å². The monoisotopic (exact) mass is 726 g/mol. The van der Waals surface area contributed by atoms with Crippen LogP contribution in [0.3, 0.4) is 0 Å². The van der Waals surface area contributed by atoms with E-state index in [0.717, 1.165) is 109 Å². The third-order valence-corrected chi connectivity index (χ3v) is 9.17. The van der Waals surface area contributed by atoms with Crippen molar-refractivity contribution in [2.75, 3.05) is 6.54 Å². The second-order valence-corrected chi connectivity index (χ2v) is 14.2. The van der Waals surface area contributed by atoms with Crippen molar-refractivity contribution in [2.24, 2.45) is 0 Å². The van der Waals surface area contributed by atoms with E-state index in [1.54, 1.807) is 0 Å². The number of carboxylic acids is 1. The number of allylic oxidation sites excluding steroid dienone is 10. The van der Waals surface area contributed by atoms with Gasteiger partial charge in [-0.05, 0) is 103 Å². The van der Waals surface area contributed by atoms with Crippen molar-refractivity contribution in [2.45, 2.75) is 206 Å². The first-order valence-electron chi connectivity index (χ1n) is 21.4. The molecular weight excluding hydrogens is 647 g/mol. The highest BCUT2D eigenvalue weighted by atomic mass is 16.5. The van der Waals surface area contributed by atoms with E-state index in [1.807, 2.05) is 0 Å². The smallest absolute Gasteiger partial charge is 0.322 e. The molecule has 0 spiro atoms. The van der Waals surface area contributed by atoms with Gasteiger partial charge in [-0.25, -0.2) is 0 Å². The predicted molar refractivity (Wildman–Crippen MR) is 221 cm³/mol. The van der Waals surface area contributed by atoms with Gasteiger partial charge in [-0.3, -0.25) is 14.4 Å². The van der Waals surface area contributed by atoms with Crippen LogP contribution >= 0.6 is 0 Å². The topological polar surface area (TPSA) is 92.7 Å². The van der Waals surface area contributed by atoms with Crippen LogP contribution in [0.25, 0.3) is 0 Å². The molecule has 0 radical (unpaired) electrons. The van der Waals surface area contributed by atoms with Gasteiger partial charge in [-0.15, -0.1) is 0 Å². The molecule has 0 saturated heterocycles. The minimum Gasteiger partial charge on any atom is -0.480 e. The van der Waals surface area contributed by atoms with E-state index in [2.05, 4.69) is 79.9 Å². The number of esters is 1. The van der Waals surface area contributed by atoms with Gasteiger partial charge in [0.05, 0.1) is 0 Å². The lowest BCUT2D eigenvalue weighted by Crippen LogP contribution is -2.28. The van der Waals surface area contributed by atoms with Crippen LogP contribution in [0.15, 0.2) is 60.8 Å². The van der Waals surface area contributed by atoms with Crippen molar-refractivity contribution in [3.05, 3.63) is 60.8 Å². The van der Waals surface area contributed by atoms with Crippen LogP contribution in [0.4, 0.5) is 0 Å². The molecule has 52 heavy (non-hydrogen) atoms. The molecule has 0 rings (SSSR count). The molecule has 0 aliphatic carbocycles. The molecule has 0 heterocycles. The Kier molecular flexibility index (Phi) is 38.6. The lowest BCUT2D eigenvalue weighted by Gasteiger charge is -2.18. The number of carboxylic acid groups (broad SMARTS) is 1. The first-order chi connectivity index (χ1) is 25.5. The highest BCUT2D eigenvalue weighted by Gasteiger charge is 2.14. The number of aliphatic carboxylic acids is 1. The van der Waals surface area contributed by atoms with Gasteiger partial charge < -0.3 is 15.2 Å². The maximum atomic E-state index is 12.7. The van der Waals surface area contributed by atoms with Crippen LogP contribution in [0.2, 0.25) is 0 Å². The third-order valence-electron chi connectivity index (χ3n) is 9.17. The molecule has 0 aromatic rings. The SMILES string of the molecule is CC/C=C\C/C=C\C/C=C\C/C=C\CCCCC(=O)OC(CCCCC/C=C\CCCCCCCCCC)CCCCCCCC(=O)NCC(=O)O. The number of carbonyl (C=O) groups is 3. The quantitative estimate of drug-likeness (QED) is 0.0375. The summed E-state index contributed by atoms with van der Waals surface area (Å²) in [5.41, 5.74) is 0. The van der Waals surface area contributed by atoms with E-state index in [9.17, 15) is 14.4 Å². The maximum Gasteiger partial charge on any atom is 0.322 e. The van der Waals surface area contributed by atoms with Crippen molar-refractivity contribution in [3.63, 3.8) is 0 Å². The summed E-state index contributed by atoms with van der Waals surface area (Å²) in [6.45, 7) is 4.10. The van der Waals surface area contributed by atoms with E-state index < -0.39 is 5.97 Å². The summed E-state index contributed by atoms with van der Waals surface area (Å²) in [6.07, 6.45) is 53.4. The van der Waals surface area contributed by atoms with E-state index in [0.29, 0.717) is 12.8 Å². The fourth-order valence-corrected chi connectivity index (χ4v) is 6.03. The van der Waals surface area contributed by atoms with Crippen molar-refractivity contribution in [1.82, 2.24) is 5.32 Å². The zero-order valence-corrected chi connectivity index (χ0v) is 33.6. The largest absolute Gasteiger partial charge is 0.480 e. The van der Waals surface area contributed by atoms with Gasteiger partial charge in [-0.2, -0.15) is 0 Å². The molecule has 1 atom stereocenters. The summed E-state index contributed by atoms with van der Waals surface area (Å²) in [6, 6.07) is 0. The molecule has 0 bridgehead atoms. The average molecular weight is 726 g/mol. The van der Waals surface area contributed by atoms with Gasteiger partial charge in [0.1, 0.15) is 12.6 Å². The van der Waals surface area contributed by atoms with Crippen LogP contribution in [-0.4, -0.2) is 35.6 Å². The lowest BCUT2D eigenvalue weighted by molar-refractivity contribution is -0.150. The molecule has 1 amide bonds. The standard InChI is InChI=1S/C46H79NO5/c1-3-5-7-9-11-13-15-17-19-21-23-25-27-30-34-38-43(39-35-31-29-32-36-40-44(48)47-42-45(49)50)52-46(51)41-37-33-28-26-24-22-20-18-16-14-12-10-8-6-4-2/h6,8,12,14,18,20-21,23-24,26,43H,3-5,7,9-11,13,15-17,19,22,25,27-42H2,1-2H3,(H,47,48)(H,49,50)/b8-6-,14-12-,20-18-,23-21-,26-24-. The van der Waals surface area contributed by atoms with Gasteiger partial charge in [0, 0.05) is 12.8 Å². The number of hydrogen-bond acceptors (Lipinski definition) is 4. The Morgan fingerprint density at radius 1 is 0.519 bits per heavy atom. The number of carbonyl (C=O) groups excluding carboxylic acids is 2. The lowest BCUT2D eigenvalue weighted by atomic mass is 10.0. The number of rotatable bonds is 38. The van der Waals surface area contributed by atoms with Crippen LogP contribution in [0.1, 0.15) is 200 Å². The summed E-state index contributed by atoms with van der Waals surface area (Å²) in [5.74, 6) is -1.29. The minimum atomic E-state index is -1.02. The van der Waals surface area contributed by atoms with E-state index in [4.69, 9.17) is 9.84 Å². The Morgan fingerprint density at radius 2 is 0.942 bits per heavy atom. The van der Waals surface area contributed by atoms with Gasteiger partial charge in [0.15, 0.2) is 0 Å². The van der Waals surface area contributed by atoms with Crippen LogP contribution in [0.5, 0.6) is 0 Å². The maximum absolute atomic E-state index is 12.7. The predicted octanol–water partition coefficient (Wildman–Crippen LogP) is 13.2. The molecule has 0 aromatic carbocycles. The number of nitrogens with one attached hydrogen (secondary N) is 1. The zero-order chi connectivity index (χ0) is 38.0. The minimum absolute atomic E-state index is 0.0128. The second kappa shape index (κ2) is 40.9. The summed E-state index contributed by atoms with van der Waals surface area (Å²) in [7, 11) is 0. The normalized spacial score (nSPS) is 12.7. The number of ether oxygens (including phenoxy) is 1. The Hall–Kier alpha value is -2.89. The highest BCUT2D eigenvalue weighted by molar-refractivity contribution is 5.80. The Bertz CT molecular complexity index is 979. The first kappa shape index (κ1) is 49.1. The average Bonchev–Trinajstić information content (AvgIpc) is 3.13. The van der Waals surface area contributed by atoms with E-state index in [-0.39, 0.29) is 24.5 Å². The highest BCUT2D eigenvalue weighted by Crippen LogP contribution is 2.18. The molecule has 6 nitrogen and oxygen atoms in total. The molecule has 298 valence electrons. The third kappa shape index (κ3) is 39.9. The molecule has 0 aliphatic heterocycles. The molecule has 1 unspecified atom stereocenters. The molecule has 6 heteroatoms. The van der Waals surface area contributed by atoms with Gasteiger partial charge in [-0.1, -0.05) is 145 Å². The Balaban J connectivity index is 4.30. The molecule has 2 N–H and O–H groups in total. The van der Waals surface area contributed by atoms with Crippen molar-refractivity contribution < 1.29 is 24.2 Å². The van der Waals surface area contributed by atoms with Gasteiger partial charge in [0.25, 0.3) is 0 Å². The second-order valence-electron chi connectivity index (χ2n) is 14.2. The molecule has 0 fully saturated rings. The number of amides is 1. The fraction of sp³-hybridized carbons (Fsp3) is 0.717. The summed E-state index contributed by atoms with van der Waals surface area (Å²) >= 11 is 0. The zero-order valence-electron chi connectivity index (χ0n) is 33.6. The van der Waals surface area contributed by atoms with Gasteiger partial charge in [0.2, 0.25) is 5.91 Å². The van der Waals surface area contributed by atoms with Crippen LogP contribution < -0.4 is 5.32 Å². The fourth-order valence-electron chi connectivity index (χ4n) is 6.03. The van der Waals surface area contributed by atoms with Crippen LogP contribution in [0, 0.1) is 0 Å². The first-order valence-corrected chi connectivity index (χ1v) is 21.4. The van der Waals surface area contributed by atoms with Gasteiger partial charge >= 0.3 is 11.9 Å². The molecule has 0 aromatic heterocycles. The molecule has 0 saturated carbocycles. The van der Waals surface area contributed by atoms with Crippen molar-refractivity contribution in [1.29, 1.82) is 0 Å². The van der Waals surface area contributed by atoms with Crippen LogP contribution in [-0.2, 0) is 19.1 Å². The summed E-state index contributed by atoms with van der Waals surface area (Å²) in [5, 5.41) is 11.1. The Morgan fingerprint density at radius 3 is 1.50 bits per heavy atom. The van der Waals surface area contributed by atoms with E-state index in [1.165, 1.54) is 64.2 Å². The number of hydrogen-bond donors (Lipinski definition) is 2. The molecular formula is C46H79NO5. The summed E-state index contributed by atoms with van der Waals surface area (Å²) in [4.78, 5) is 35.0. The Labute approximate surface area is 320 Å². The molecule has 0 aliphatic rings. The number of unbranched alkanes of at least 4 members (excludes halogenated alkanes) is 17. The van der Waals surface area contributed by atoms with Crippen molar-refractivity contribution in [3.8, 4) is 0 Å². The summed E-state index contributed by atoms with van der Waals surface area (Å²) < 4.78 is 6.00. The van der Waals surface area contributed by atoms with Crippen molar-refractivity contribution >= 4 is 17.8 Å².